The normalized spacial score (nSPS) is 17.7. The number of nitrogens with zero attached hydrogens (tertiary/aromatic N) is 1. The SMILES string of the molecule is O=C(NCCCN1CCNCCNCCNCC1)OCc1ccccc1. The minimum absolute atomic E-state index is 0.311. The summed E-state index contributed by atoms with van der Waals surface area (Å²) in [4.78, 5) is 14.2. The van der Waals surface area contributed by atoms with Gasteiger partial charge in [-0.05, 0) is 18.5 Å². The number of amides is 1. The molecular formula is C19H33N5O2. The Morgan fingerprint density at radius 3 is 2.23 bits per heavy atom. The van der Waals surface area contributed by atoms with Gasteiger partial charge < -0.3 is 30.9 Å². The molecule has 0 saturated carbocycles. The topological polar surface area (TPSA) is 77.7 Å². The number of ether oxygens (including phenoxy) is 1. The number of hydrogen-bond donors (Lipinski definition) is 4. The highest BCUT2D eigenvalue weighted by molar-refractivity contribution is 5.67. The Morgan fingerprint density at radius 2 is 1.58 bits per heavy atom. The van der Waals surface area contributed by atoms with Gasteiger partial charge in [-0.2, -0.15) is 0 Å². The zero-order valence-corrected chi connectivity index (χ0v) is 15.6. The predicted molar refractivity (Wildman–Crippen MR) is 104 cm³/mol. The van der Waals surface area contributed by atoms with Crippen molar-refractivity contribution in [3.8, 4) is 0 Å². The summed E-state index contributed by atoms with van der Waals surface area (Å²) in [5.74, 6) is 0. The first-order valence-corrected chi connectivity index (χ1v) is 9.63. The minimum Gasteiger partial charge on any atom is -0.445 e. The highest BCUT2D eigenvalue weighted by Crippen LogP contribution is 2.00. The van der Waals surface area contributed by atoms with E-state index in [4.69, 9.17) is 4.74 Å². The molecule has 26 heavy (non-hydrogen) atoms. The van der Waals surface area contributed by atoms with E-state index in [0.717, 1.165) is 70.9 Å². The Morgan fingerprint density at radius 1 is 0.962 bits per heavy atom. The average molecular weight is 364 g/mol. The Balaban J connectivity index is 1.56. The lowest BCUT2D eigenvalue weighted by Crippen LogP contribution is -2.42. The fourth-order valence-electron chi connectivity index (χ4n) is 2.81. The molecule has 0 unspecified atom stereocenters. The van der Waals surface area contributed by atoms with Crippen LogP contribution >= 0.6 is 0 Å². The van der Waals surface area contributed by atoms with Crippen molar-refractivity contribution in [2.24, 2.45) is 0 Å². The Hall–Kier alpha value is -1.67. The van der Waals surface area contributed by atoms with Crippen LogP contribution in [0.5, 0.6) is 0 Å². The summed E-state index contributed by atoms with van der Waals surface area (Å²) in [5, 5.41) is 13.2. The molecule has 0 aromatic heterocycles. The summed E-state index contributed by atoms with van der Waals surface area (Å²) in [6, 6.07) is 9.72. The molecule has 1 heterocycles. The van der Waals surface area contributed by atoms with Crippen LogP contribution in [0.3, 0.4) is 0 Å². The summed E-state index contributed by atoms with van der Waals surface area (Å²) in [7, 11) is 0. The molecule has 1 amide bonds. The molecule has 1 aromatic rings. The van der Waals surface area contributed by atoms with E-state index in [2.05, 4.69) is 26.2 Å². The van der Waals surface area contributed by atoms with E-state index < -0.39 is 0 Å². The van der Waals surface area contributed by atoms with Crippen LogP contribution in [0.25, 0.3) is 0 Å². The summed E-state index contributed by atoms with van der Waals surface area (Å²) in [6.45, 7) is 9.99. The molecule has 4 N–H and O–H groups in total. The molecule has 1 saturated heterocycles. The van der Waals surface area contributed by atoms with Crippen molar-refractivity contribution in [3.05, 3.63) is 35.9 Å². The zero-order chi connectivity index (χ0) is 18.3. The van der Waals surface area contributed by atoms with Gasteiger partial charge in [0.15, 0.2) is 0 Å². The molecule has 0 radical (unpaired) electrons. The van der Waals surface area contributed by atoms with Crippen molar-refractivity contribution in [2.45, 2.75) is 13.0 Å². The maximum Gasteiger partial charge on any atom is 0.407 e. The molecule has 0 bridgehead atoms. The standard InChI is InChI=1S/C19H33N5O2/c25-19(26-17-18-5-2-1-3-6-18)23-7-4-14-24-15-12-21-10-8-20-9-11-22-13-16-24/h1-3,5-6,20-22H,4,7-17H2,(H,23,25). The number of hydrogen-bond acceptors (Lipinski definition) is 6. The van der Waals surface area contributed by atoms with Gasteiger partial charge in [-0.3, -0.25) is 0 Å². The third-order valence-corrected chi connectivity index (χ3v) is 4.30. The Kier molecular flexibility index (Phi) is 10.7. The summed E-state index contributed by atoms with van der Waals surface area (Å²) < 4.78 is 5.22. The van der Waals surface area contributed by atoms with Crippen molar-refractivity contribution < 1.29 is 9.53 Å². The predicted octanol–water partition coefficient (Wildman–Crippen LogP) is 0.387. The summed E-state index contributed by atoms with van der Waals surface area (Å²) >= 11 is 0. The fraction of sp³-hybridized carbons (Fsp3) is 0.632. The molecule has 1 fully saturated rings. The monoisotopic (exact) mass is 363 g/mol. The van der Waals surface area contributed by atoms with Gasteiger partial charge in [-0.15, -0.1) is 0 Å². The maximum atomic E-state index is 11.7. The third-order valence-electron chi connectivity index (χ3n) is 4.30. The Bertz CT molecular complexity index is 474. The van der Waals surface area contributed by atoms with Gasteiger partial charge in [0, 0.05) is 58.9 Å². The van der Waals surface area contributed by atoms with Crippen LogP contribution in [0, 0.1) is 0 Å². The van der Waals surface area contributed by atoms with Crippen LogP contribution in [0.2, 0.25) is 0 Å². The van der Waals surface area contributed by atoms with Gasteiger partial charge >= 0.3 is 6.09 Å². The van der Waals surface area contributed by atoms with Gasteiger partial charge in [0.05, 0.1) is 0 Å². The van der Waals surface area contributed by atoms with E-state index >= 15 is 0 Å². The van der Waals surface area contributed by atoms with Crippen molar-refractivity contribution in [1.82, 2.24) is 26.2 Å². The van der Waals surface area contributed by atoms with Crippen LogP contribution in [-0.2, 0) is 11.3 Å². The maximum absolute atomic E-state index is 11.7. The highest BCUT2D eigenvalue weighted by atomic mass is 16.5. The molecule has 146 valence electrons. The molecule has 1 aliphatic rings. The molecule has 2 rings (SSSR count). The quantitative estimate of drug-likeness (QED) is 0.548. The van der Waals surface area contributed by atoms with Crippen molar-refractivity contribution in [2.75, 3.05) is 65.4 Å². The smallest absolute Gasteiger partial charge is 0.407 e. The van der Waals surface area contributed by atoms with E-state index in [9.17, 15) is 4.79 Å². The largest absolute Gasteiger partial charge is 0.445 e. The van der Waals surface area contributed by atoms with Gasteiger partial charge in [0.2, 0.25) is 0 Å². The van der Waals surface area contributed by atoms with Crippen LogP contribution in [-0.4, -0.2) is 76.4 Å². The minimum atomic E-state index is -0.349. The van der Waals surface area contributed by atoms with E-state index in [1.54, 1.807) is 0 Å². The number of nitrogens with one attached hydrogen (secondary N) is 4. The molecule has 1 aliphatic heterocycles. The summed E-state index contributed by atoms with van der Waals surface area (Å²) in [6.07, 6.45) is 0.570. The van der Waals surface area contributed by atoms with Crippen molar-refractivity contribution in [1.29, 1.82) is 0 Å². The van der Waals surface area contributed by atoms with Gasteiger partial charge in [-0.1, -0.05) is 30.3 Å². The lowest BCUT2D eigenvalue weighted by atomic mass is 10.2. The third kappa shape index (κ3) is 9.72. The number of carbonyl (C=O) groups is 1. The second kappa shape index (κ2) is 13.5. The molecule has 0 atom stereocenters. The van der Waals surface area contributed by atoms with Crippen LogP contribution < -0.4 is 21.3 Å². The summed E-state index contributed by atoms with van der Waals surface area (Å²) in [5.41, 5.74) is 0.997. The number of alkyl carbamates (subject to hydrolysis) is 1. The second-order valence-electron chi connectivity index (χ2n) is 6.43. The molecule has 0 aliphatic carbocycles. The van der Waals surface area contributed by atoms with Crippen LogP contribution in [0.1, 0.15) is 12.0 Å². The van der Waals surface area contributed by atoms with E-state index in [0.29, 0.717) is 13.2 Å². The lowest BCUT2D eigenvalue weighted by Gasteiger charge is -2.23. The van der Waals surface area contributed by atoms with Crippen molar-refractivity contribution in [3.63, 3.8) is 0 Å². The lowest BCUT2D eigenvalue weighted by molar-refractivity contribution is 0.139. The van der Waals surface area contributed by atoms with E-state index in [1.807, 2.05) is 30.3 Å². The Labute approximate surface area is 156 Å². The van der Waals surface area contributed by atoms with Crippen LogP contribution in [0.15, 0.2) is 30.3 Å². The van der Waals surface area contributed by atoms with E-state index in [-0.39, 0.29) is 6.09 Å². The first-order valence-electron chi connectivity index (χ1n) is 9.63. The molecule has 7 heteroatoms. The molecule has 1 aromatic carbocycles. The van der Waals surface area contributed by atoms with Gasteiger partial charge in [0.1, 0.15) is 6.61 Å². The second-order valence-corrected chi connectivity index (χ2v) is 6.43. The van der Waals surface area contributed by atoms with E-state index in [1.165, 1.54) is 0 Å². The molecular weight excluding hydrogens is 330 g/mol. The fourth-order valence-corrected chi connectivity index (χ4v) is 2.81. The average Bonchev–Trinajstić information content (AvgIpc) is 2.66. The first kappa shape index (κ1) is 20.6. The van der Waals surface area contributed by atoms with Crippen molar-refractivity contribution >= 4 is 6.09 Å². The number of rotatable bonds is 6. The number of carbonyl (C=O) groups excluding carboxylic acids is 1. The van der Waals surface area contributed by atoms with Crippen LogP contribution in [0.4, 0.5) is 4.79 Å². The zero-order valence-electron chi connectivity index (χ0n) is 15.6. The first-order chi connectivity index (χ1) is 12.8. The van der Waals surface area contributed by atoms with Gasteiger partial charge in [0.25, 0.3) is 0 Å². The van der Waals surface area contributed by atoms with Gasteiger partial charge in [-0.25, -0.2) is 4.79 Å². The highest BCUT2D eigenvalue weighted by Gasteiger charge is 2.06. The number of benzene rings is 1. The molecule has 0 spiro atoms. The molecule has 7 nitrogen and oxygen atoms in total.